The van der Waals surface area contributed by atoms with Gasteiger partial charge in [-0.25, -0.2) is 9.18 Å². The molecule has 0 rings (SSSR count). The fourth-order valence-corrected chi connectivity index (χ4v) is 3.44. The van der Waals surface area contributed by atoms with Crippen LogP contribution in [0.3, 0.4) is 0 Å². The van der Waals surface area contributed by atoms with Crippen molar-refractivity contribution in [1.82, 2.24) is 15.1 Å². The van der Waals surface area contributed by atoms with Gasteiger partial charge in [-0.1, -0.05) is 62.4 Å². The molecule has 0 bridgehead atoms. The first-order chi connectivity index (χ1) is 15.6. The third kappa shape index (κ3) is 13.2. The predicted molar refractivity (Wildman–Crippen MR) is 142 cm³/mol. The molecule has 0 radical (unpaired) electrons. The third-order valence-electron chi connectivity index (χ3n) is 5.47. The van der Waals surface area contributed by atoms with Crippen LogP contribution in [0.2, 0.25) is 0 Å². The Morgan fingerprint density at radius 3 is 2.42 bits per heavy atom. The molecular weight excluding hydrogens is 437 g/mol. The van der Waals surface area contributed by atoms with Crippen LogP contribution in [-0.2, 0) is 0 Å². The van der Waals surface area contributed by atoms with Gasteiger partial charge in [-0.15, -0.1) is 0 Å². The minimum Gasteiger partial charge on any atom is -0.335 e. The van der Waals surface area contributed by atoms with Crippen LogP contribution in [0.4, 0.5) is 9.18 Å². The summed E-state index contributed by atoms with van der Waals surface area (Å²) >= 11 is 6.41. The number of rotatable bonds is 15. The summed E-state index contributed by atoms with van der Waals surface area (Å²) in [4.78, 5) is 17.3. The van der Waals surface area contributed by atoms with Crippen LogP contribution in [0, 0.1) is 0 Å². The van der Waals surface area contributed by atoms with E-state index in [4.69, 9.17) is 11.6 Å². The predicted octanol–water partition coefficient (Wildman–Crippen LogP) is 7.14. The standard InChI is InChI=1S/C27H43ClFN3O/c1-9-13-14-26(28)24(10-2)19-22(6)30-27(33)32(23(7)17-18-31(8)12-4)20-21(5)15-16-25(29)11-3/h9,11,13-16,22-23H,1,3,10,12,17-20H2,2,4-8H3,(H,30,33)/b14-13-,21-15+,25-16+,26-24+. The number of carbonyl (C=O) groups excluding carboxylic acids is 1. The van der Waals surface area contributed by atoms with Crippen LogP contribution in [0.1, 0.15) is 53.9 Å². The molecule has 2 amide bonds. The molecule has 2 unspecified atom stereocenters. The lowest BCUT2D eigenvalue weighted by Crippen LogP contribution is -2.49. The molecule has 0 aliphatic rings. The van der Waals surface area contributed by atoms with Gasteiger partial charge in [0, 0.05) is 23.7 Å². The van der Waals surface area contributed by atoms with Gasteiger partial charge in [0.15, 0.2) is 0 Å². The number of nitrogens with one attached hydrogen (secondary N) is 1. The second-order valence-electron chi connectivity index (χ2n) is 8.38. The van der Waals surface area contributed by atoms with Gasteiger partial charge in [0.05, 0.1) is 0 Å². The van der Waals surface area contributed by atoms with E-state index in [0.717, 1.165) is 43.2 Å². The van der Waals surface area contributed by atoms with Crippen molar-refractivity contribution in [2.75, 3.05) is 26.7 Å². The number of carbonyl (C=O) groups is 1. The van der Waals surface area contributed by atoms with Gasteiger partial charge >= 0.3 is 6.03 Å². The summed E-state index contributed by atoms with van der Waals surface area (Å²) in [5.41, 5.74) is 1.96. The Morgan fingerprint density at radius 1 is 1.21 bits per heavy atom. The molecule has 0 aromatic heterocycles. The summed E-state index contributed by atoms with van der Waals surface area (Å²) in [6.45, 7) is 19.4. The molecule has 186 valence electrons. The molecule has 0 aliphatic heterocycles. The number of allylic oxidation sites excluding steroid dienone is 8. The fourth-order valence-electron chi connectivity index (χ4n) is 3.16. The van der Waals surface area contributed by atoms with E-state index in [9.17, 15) is 9.18 Å². The molecule has 1 N–H and O–H groups in total. The van der Waals surface area contributed by atoms with Gasteiger partial charge in [0.2, 0.25) is 0 Å². The summed E-state index contributed by atoms with van der Waals surface area (Å²) in [7, 11) is 2.07. The normalized spacial score (nSPS) is 15.3. The van der Waals surface area contributed by atoms with Crippen molar-refractivity contribution in [2.45, 2.75) is 66.0 Å². The highest BCUT2D eigenvalue weighted by Gasteiger charge is 2.22. The minimum absolute atomic E-state index is 0.0167. The molecule has 0 saturated carbocycles. The second-order valence-corrected chi connectivity index (χ2v) is 8.79. The average Bonchev–Trinajstić information content (AvgIpc) is 2.80. The number of hydrogen-bond acceptors (Lipinski definition) is 2. The second kappa shape index (κ2) is 17.4. The van der Waals surface area contributed by atoms with Crippen molar-refractivity contribution < 1.29 is 9.18 Å². The Hall–Kier alpha value is -2.11. The Bertz CT molecular complexity index is 754. The van der Waals surface area contributed by atoms with Gasteiger partial charge in [-0.3, -0.25) is 0 Å². The van der Waals surface area contributed by atoms with Crippen LogP contribution < -0.4 is 5.32 Å². The lowest BCUT2D eigenvalue weighted by Gasteiger charge is -2.32. The molecule has 0 aromatic rings. The zero-order chi connectivity index (χ0) is 25.4. The molecule has 0 saturated heterocycles. The SMILES string of the molecule is C=C/C=C\C(Cl)=C(\CC)CC(C)NC(=O)N(C/C(C)=C/C=C(/F)C=C)C(C)CCN(C)CC. The van der Waals surface area contributed by atoms with Crippen LogP contribution in [0.25, 0.3) is 0 Å². The smallest absolute Gasteiger partial charge is 0.318 e. The Morgan fingerprint density at radius 2 is 1.88 bits per heavy atom. The monoisotopic (exact) mass is 479 g/mol. The summed E-state index contributed by atoms with van der Waals surface area (Å²) < 4.78 is 13.4. The van der Waals surface area contributed by atoms with E-state index >= 15 is 0 Å². The number of urea groups is 1. The lowest BCUT2D eigenvalue weighted by atomic mass is 10.0. The van der Waals surface area contributed by atoms with Crippen molar-refractivity contribution in [2.24, 2.45) is 0 Å². The molecule has 0 fully saturated rings. The Labute approximate surface area is 206 Å². The van der Waals surface area contributed by atoms with E-state index in [1.807, 2.05) is 24.8 Å². The largest absolute Gasteiger partial charge is 0.335 e. The highest BCUT2D eigenvalue weighted by Crippen LogP contribution is 2.20. The molecule has 0 heterocycles. The van der Waals surface area contributed by atoms with E-state index in [1.54, 1.807) is 18.2 Å². The summed E-state index contributed by atoms with van der Waals surface area (Å²) in [5, 5.41) is 3.80. The lowest BCUT2D eigenvalue weighted by molar-refractivity contribution is 0.173. The molecule has 0 aromatic carbocycles. The topological polar surface area (TPSA) is 35.6 Å². The van der Waals surface area contributed by atoms with E-state index in [2.05, 4.69) is 51.2 Å². The van der Waals surface area contributed by atoms with Crippen LogP contribution in [0.5, 0.6) is 0 Å². The highest BCUT2D eigenvalue weighted by molar-refractivity contribution is 6.31. The first kappa shape index (κ1) is 30.9. The van der Waals surface area contributed by atoms with Crippen molar-refractivity contribution in [3.05, 3.63) is 71.6 Å². The molecule has 33 heavy (non-hydrogen) atoms. The van der Waals surface area contributed by atoms with E-state index < -0.39 is 5.83 Å². The highest BCUT2D eigenvalue weighted by atomic mass is 35.5. The van der Waals surface area contributed by atoms with Crippen molar-refractivity contribution in [3.8, 4) is 0 Å². The number of halogens is 2. The molecule has 4 nitrogen and oxygen atoms in total. The first-order valence-electron chi connectivity index (χ1n) is 11.7. The quantitative estimate of drug-likeness (QED) is 0.253. The number of nitrogens with zero attached hydrogens (tertiary/aromatic N) is 2. The molecule has 6 heteroatoms. The minimum atomic E-state index is -0.405. The summed E-state index contributed by atoms with van der Waals surface area (Å²) in [6.07, 6.45) is 11.8. The molecule has 0 spiro atoms. The third-order valence-corrected chi connectivity index (χ3v) is 5.86. The van der Waals surface area contributed by atoms with Crippen molar-refractivity contribution in [1.29, 1.82) is 0 Å². The maximum Gasteiger partial charge on any atom is 0.318 e. The maximum absolute atomic E-state index is 13.4. The Balaban J connectivity index is 5.50. The zero-order valence-electron chi connectivity index (χ0n) is 21.3. The van der Waals surface area contributed by atoms with Crippen LogP contribution >= 0.6 is 11.6 Å². The molecule has 2 atom stereocenters. The summed E-state index contributed by atoms with van der Waals surface area (Å²) in [6, 6.07) is -0.208. The van der Waals surface area contributed by atoms with Gasteiger partial charge in [-0.05, 0) is 84.0 Å². The number of hydrogen-bond donors (Lipinski definition) is 1. The van der Waals surface area contributed by atoms with Crippen LogP contribution in [-0.4, -0.2) is 54.6 Å². The zero-order valence-corrected chi connectivity index (χ0v) is 22.1. The molecule has 0 aliphatic carbocycles. The maximum atomic E-state index is 13.4. The van der Waals surface area contributed by atoms with Gasteiger partial charge < -0.3 is 15.1 Å². The van der Waals surface area contributed by atoms with Gasteiger partial charge in [0.25, 0.3) is 0 Å². The fraction of sp³-hybridized carbons (Fsp3) is 0.519. The number of amides is 2. The van der Waals surface area contributed by atoms with Gasteiger partial charge in [0.1, 0.15) is 5.83 Å². The Kier molecular flexibility index (Phi) is 16.3. The van der Waals surface area contributed by atoms with Crippen LogP contribution in [0.15, 0.2) is 71.6 Å². The van der Waals surface area contributed by atoms with Gasteiger partial charge in [-0.2, -0.15) is 0 Å². The van der Waals surface area contributed by atoms with E-state index in [-0.39, 0.29) is 18.1 Å². The molecular formula is C27H43ClFN3O. The van der Waals surface area contributed by atoms with E-state index in [1.165, 1.54) is 6.08 Å². The van der Waals surface area contributed by atoms with Crippen molar-refractivity contribution >= 4 is 17.6 Å². The van der Waals surface area contributed by atoms with E-state index in [0.29, 0.717) is 18.0 Å². The average molecular weight is 480 g/mol. The van der Waals surface area contributed by atoms with Crippen molar-refractivity contribution in [3.63, 3.8) is 0 Å². The summed E-state index contributed by atoms with van der Waals surface area (Å²) in [5.74, 6) is -0.405. The first-order valence-corrected chi connectivity index (χ1v) is 12.0.